The summed E-state index contributed by atoms with van der Waals surface area (Å²) in [5, 5.41) is 16.7. The van der Waals surface area contributed by atoms with Gasteiger partial charge in [-0.05, 0) is 31.2 Å². The van der Waals surface area contributed by atoms with E-state index >= 15 is 0 Å². The average Bonchev–Trinajstić information content (AvgIpc) is 3.55. The van der Waals surface area contributed by atoms with Crippen molar-refractivity contribution in [1.29, 1.82) is 0 Å². The Labute approximate surface area is 207 Å². The molecule has 0 radical (unpaired) electrons. The van der Waals surface area contributed by atoms with Gasteiger partial charge in [-0.1, -0.05) is 78.0 Å². The monoisotopic (exact) mass is 480 g/mol. The van der Waals surface area contributed by atoms with Crippen molar-refractivity contribution in [3.05, 3.63) is 109 Å². The van der Waals surface area contributed by atoms with Crippen molar-refractivity contribution < 1.29 is 4.79 Å². The number of amides is 1. The van der Waals surface area contributed by atoms with E-state index in [1.165, 1.54) is 17.3 Å². The second-order valence-corrected chi connectivity index (χ2v) is 8.98. The van der Waals surface area contributed by atoms with Crippen LogP contribution in [-0.4, -0.2) is 36.2 Å². The predicted molar refractivity (Wildman–Crippen MR) is 138 cm³/mol. The first-order chi connectivity index (χ1) is 17.2. The molecule has 0 bridgehead atoms. The maximum atomic E-state index is 12.7. The third kappa shape index (κ3) is 5.33. The standard InChI is InChI=1S/C27H24N6OS/c1-20-12-14-23(15-13-20)32-19-29-30-27(32)35-18-25(34)28-16-22-17-33(24-10-6-3-7-11-24)31-26(22)21-8-4-2-5-9-21/h2-15,17,19H,16,18H2,1H3,(H,28,34). The number of thioether (sulfide) groups is 1. The smallest absolute Gasteiger partial charge is 0.230 e. The minimum atomic E-state index is -0.0834. The van der Waals surface area contributed by atoms with Crippen LogP contribution in [0.15, 0.2) is 103 Å². The number of carbonyl (C=O) groups excluding carboxylic acids is 1. The van der Waals surface area contributed by atoms with E-state index in [0.717, 1.165) is 28.2 Å². The third-order valence-corrected chi connectivity index (χ3v) is 6.44. The molecule has 174 valence electrons. The number of nitrogens with one attached hydrogen (secondary N) is 1. The zero-order chi connectivity index (χ0) is 24.0. The number of benzene rings is 3. The van der Waals surface area contributed by atoms with E-state index in [0.29, 0.717) is 11.7 Å². The average molecular weight is 481 g/mol. The van der Waals surface area contributed by atoms with Crippen molar-refractivity contribution in [1.82, 2.24) is 29.9 Å². The van der Waals surface area contributed by atoms with Gasteiger partial charge in [-0.15, -0.1) is 10.2 Å². The normalized spacial score (nSPS) is 10.9. The van der Waals surface area contributed by atoms with Gasteiger partial charge in [-0.2, -0.15) is 5.10 Å². The quantitative estimate of drug-likeness (QED) is 0.322. The van der Waals surface area contributed by atoms with Gasteiger partial charge in [0, 0.05) is 29.6 Å². The highest BCUT2D eigenvalue weighted by molar-refractivity contribution is 7.99. The van der Waals surface area contributed by atoms with E-state index in [4.69, 9.17) is 5.10 Å². The molecular formula is C27H24N6OS. The number of hydrogen-bond acceptors (Lipinski definition) is 5. The molecule has 35 heavy (non-hydrogen) atoms. The lowest BCUT2D eigenvalue weighted by Gasteiger charge is -2.07. The lowest BCUT2D eigenvalue weighted by Crippen LogP contribution is -2.24. The van der Waals surface area contributed by atoms with Gasteiger partial charge in [0.15, 0.2) is 5.16 Å². The Kier molecular flexibility index (Phi) is 6.72. The number of carbonyl (C=O) groups is 1. The van der Waals surface area contributed by atoms with E-state index in [-0.39, 0.29) is 11.7 Å². The second-order valence-electron chi connectivity index (χ2n) is 8.03. The van der Waals surface area contributed by atoms with Crippen molar-refractivity contribution in [3.8, 4) is 22.6 Å². The molecule has 2 aromatic heterocycles. The molecule has 1 N–H and O–H groups in total. The number of para-hydroxylation sites is 1. The first kappa shape index (κ1) is 22.6. The minimum absolute atomic E-state index is 0.0834. The first-order valence-corrected chi connectivity index (χ1v) is 12.2. The summed E-state index contributed by atoms with van der Waals surface area (Å²) in [5.41, 5.74) is 5.91. The molecule has 7 nitrogen and oxygen atoms in total. The van der Waals surface area contributed by atoms with Gasteiger partial charge in [0.2, 0.25) is 5.91 Å². The second kappa shape index (κ2) is 10.4. The summed E-state index contributed by atoms with van der Waals surface area (Å²) in [4.78, 5) is 12.7. The Morgan fingerprint density at radius 2 is 1.63 bits per heavy atom. The summed E-state index contributed by atoms with van der Waals surface area (Å²) in [6.45, 7) is 2.42. The summed E-state index contributed by atoms with van der Waals surface area (Å²) in [6, 6.07) is 28.0. The molecule has 1 amide bonds. The lowest BCUT2D eigenvalue weighted by molar-refractivity contribution is -0.118. The molecule has 5 aromatic rings. The Bertz CT molecular complexity index is 1410. The predicted octanol–water partition coefficient (Wildman–Crippen LogP) is 4.84. The van der Waals surface area contributed by atoms with Gasteiger partial charge in [0.25, 0.3) is 0 Å². The van der Waals surface area contributed by atoms with Crippen molar-refractivity contribution in [2.75, 3.05) is 5.75 Å². The zero-order valence-corrected chi connectivity index (χ0v) is 20.0. The molecule has 8 heteroatoms. The number of rotatable bonds is 8. The van der Waals surface area contributed by atoms with Crippen LogP contribution in [0.5, 0.6) is 0 Å². The summed E-state index contributed by atoms with van der Waals surface area (Å²) < 4.78 is 3.73. The Morgan fingerprint density at radius 3 is 2.37 bits per heavy atom. The maximum absolute atomic E-state index is 12.7. The van der Waals surface area contributed by atoms with Crippen LogP contribution >= 0.6 is 11.8 Å². The molecule has 0 saturated heterocycles. The topological polar surface area (TPSA) is 77.6 Å². The molecule has 3 aromatic carbocycles. The van der Waals surface area contributed by atoms with Crippen molar-refractivity contribution in [2.24, 2.45) is 0 Å². The van der Waals surface area contributed by atoms with Crippen LogP contribution in [0, 0.1) is 6.92 Å². The largest absolute Gasteiger partial charge is 0.351 e. The SMILES string of the molecule is Cc1ccc(-n2cnnc2SCC(=O)NCc2cn(-c3ccccc3)nc2-c2ccccc2)cc1. The van der Waals surface area contributed by atoms with Crippen LogP contribution in [-0.2, 0) is 11.3 Å². The van der Waals surface area contributed by atoms with Crippen molar-refractivity contribution >= 4 is 17.7 Å². The number of nitrogens with zero attached hydrogens (tertiary/aromatic N) is 5. The van der Waals surface area contributed by atoms with Gasteiger partial charge >= 0.3 is 0 Å². The van der Waals surface area contributed by atoms with Gasteiger partial charge < -0.3 is 5.32 Å². The Balaban J connectivity index is 1.28. The molecule has 0 spiro atoms. The van der Waals surface area contributed by atoms with E-state index < -0.39 is 0 Å². The molecule has 0 saturated carbocycles. The number of aryl methyl sites for hydroxylation is 1. The van der Waals surface area contributed by atoms with Gasteiger partial charge in [-0.3, -0.25) is 9.36 Å². The lowest BCUT2D eigenvalue weighted by atomic mass is 10.1. The molecule has 0 aliphatic rings. The first-order valence-electron chi connectivity index (χ1n) is 11.2. The fourth-order valence-corrected chi connectivity index (χ4v) is 4.43. The Hall–Kier alpha value is -4.17. The molecule has 5 rings (SSSR count). The zero-order valence-electron chi connectivity index (χ0n) is 19.2. The van der Waals surface area contributed by atoms with Crippen LogP contribution < -0.4 is 5.32 Å². The molecular weight excluding hydrogens is 456 g/mol. The van der Waals surface area contributed by atoms with E-state index in [9.17, 15) is 4.79 Å². The van der Waals surface area contributed by atoms with Crippen molar-refractivity contribution in [3.63, 3.8) is 0 Å². The Morgan fingerprint density at radius 1 is 0.914 bits per heavy atom. The summed E-state index contributed by atoms with van der Waals surface area (Å²) >= 11 is 1.36. The van der Waals surface area contributed by atoms with Gasteiger partial charge in [0.1, 0.15) is 6.33 Å². The van der Waals surface area contributed by atoms with Crippen LogP contribution in [0.2, 0.25) is 0 Å². The number of aromatic nitrogens is 5. The third-order valence-electron chi connectivity index (χ3n) is 5.49. The van der Waals surface area contributed by atoms with Crippen molar-refractivity contribution in [2.45, 2.75) is 18.6 Å². The minimum Gasteiger partial charge on any atom is -0.351 e. The maximum Gasteiger partial charge on any atom is 0.230 e. The van der Waals surface area contributed by atoms with Crippen LogP contribution in [0.3, 0.4) is 0 Å². The fourth-order valence-electron chi connectivity index (χ4n) is 3.67. The highest BCUT2D eigenvalue weighted by Crippen LogP contribution is 2.24. The highest BCUT2D eigenvalue weighted by Gasteiger charge is 2.14. The molecule has 0 atom stereocenters. The number of hydrogen-bond donors (Lipinski definition) is 1. The van der Waals surface area contributed by atoms with Crippen LogP contribution in [0.4, 0.5) is 0 Å². The molecule has 0 fully saturated rings. The fraction of sp³-hybridized carbons (Fsp3) is 0.111. The van der Waals surface area contributed by atoms with Gasteiger partial charge in [-0.25, -0.2) is 4.68 Å². The van der Waals surface area contributed by atoms with Crippen LogP contribution in [0.25, 0.3) is 22.6 Å². The molecule has 0 unspecified atom stereocenters. The van der Waals surface area contributed by atoms with E-state index in [1.807, 2.05) is 107 Å². The molecule has 0 aliphatic carbocycles. The van der Waals surface area contributed by atoms with Crippen LogP contribution in [0.1, 0.15) is 11.1 Å². The van der Waals surface area contributed by atoms with Gasteiger partial charge in [0.05, 0.1) is 17.1 Å². The molecule has 2 heterocycles. The van der Waals surface area contributed by atoms with E-state index in [1.54, 1.807) is 6.33 Å². The summed E-state index contributed by atoms with van der Waals surface area (Å²) in [7, 11) is 0. The summed E-state index contributed by atoms with van der Waals surface area (Å²) in [6.07, 6.45) is 3.63. The highest BCUT2D eigenvalue weighted by atomic mass is 32.2. The molecule has 0 aliphatic heterocycles. The summed E-state index contributed by atoms with van der Waals surface area (Å²) in [5.74, 6) is 0.151. The van der Waals surface area contributed by atoms with E-state index in [2.05, 4.69) is 15.5 Å².